The fourth-order valence-corrected chi connectivity index (χ4v) is 2.52. The quantitative estimate of drug-likeness (QED) is 0.793. The molecule has 0 bridgehead atoms. The molecule has 1 N–H and O–H groups in total. The highest BCUT2D eigenvalue weighted by Crippen LogP contribution is 2.34. The van der Waals surface area contributed by atoms with Gasteiger partial charge in [0.05, 0.1) is 11.3 Å². The van der Waals surface area contributed by atoms with E-state index in [0.717, 1.165) is 11.8 Å². The lowest BCUT2D eigenvalue weighted by Crippen LogP contribution is -2.20. The molecular formula is C11H9F3N2S2. The standard InChI is InChI=1S/C11H9F3N2S2/c12-11(13,14)7-3-1-2-4-8(7)15-9-5-6-18-10(17)16-9/h1-4H,5-6H2,(H,15,16,17). The summed E-state index contributed by atoms with van der Waals surface area (Å²) in [6, 6.07) is 5.33. The lowest BCUT2D eigenvalue weighted by Gasteiger charge is -2.17. The summed E-state index contributed by atoms with van der Waals surface area (Å²) < 4.78 is 38.8. The van der Waals surface area contributed by atoms with E-state index in [1.165, 1.54) is 23.9 Å². The second-order valence-electron chi connectivity index (χ2n) is 3.59. The molecule has 0 saturated heterocycles. The van der Waals surface area contributed by atoms with E-state index in [1.807, 2.05) is 0 Å². The molecule has 1 aliphatic heterocycles. The molecule has 1 heterocycles. The molecule has 0 amide bonds. The van der Waals surface area contributed by atoms with Gasteiger partial charge >= 0.3 is 6.18 Å². The molecule has 7 heteroatoms. The number of thioether (sulfide) groups is 1. The molecule has 0 saturated carbocycles. The zero-order chi connectivity index (χ0) is 13.2. The van der Waals surface area contributed by atoms with Crippen molar-refractivity contribution in [1.82, 2.24) is 0 Å². The van der Waals surface area contributed by atoms with Crippen LogP contribution >= 0.6 is 24.0 Å². The first-order valence-corrected chi connectivity index (χ1v) is 6.54. The van der Waals surface area contributed by atoms with E-state index in [0.29, 0.717) is 16.6 Å². The third-order valence-corrected chi connectivity index (χ3v) is 3.49. The molecule has 0 unspecified atom stereocenters. The van der Waals surface area contributed by atoms with Crippen molar-refractivity contribution in [2.24, 2.45) is 4.99 Å². The lowest BCUT2D eigenvalue weighted by atomic mass is 10.1. The number of para-hydroxylation sites is 1. The van der Waals surface area contributed by atoms with Crippen LogP contribution in [0.1, 0.15) is 12.0 Å². The van der Waals surface area contributed by atoms with E-state index >= 15 is 0 Å². The summed E-state index contributed by atoms with van der Waals surface area (Å²) in [5.74, 6) is 1.22. The van der Waals surface area contributed by atoms with Gasteiger partial charge in [-0.1, -0.05) is 36.1 Å². The Kier molecular flexibility index (Phi) is 3.91. The number of amidine groups is 1. The highest BCUT2D eigenvalue weighted by Gasteiger charge is 2.33. The van der Waals surface area contributed by atoms with Crippen LogP contribution in [0.15, 0.2) is 29.3 Å². The van der Waals surface area contributed by atoms with E-state index in [-0.39, 0.29) is 5.69 Å². The van der Waals surface area contributed by atoms with Crippen molar-refractivity contribution in [1.29, 1.82) is 0 Å². The molecule has 1 aromatic carbocycles. The van der Waals surface area contributed by atoms with Crippen LogP contribution < -0.4 is 5.32 Å². The molecule has 0 spiro atoms. The van der Waals surface area contributed by atoms with Gasteiger partial charge in [-0.15, -0.1) is 0 Å². The lowest BCUT2D eigenvalue weighted by molar-refractivity contribution is -0.136. The van der Waals surface area contributed by atoms with Crippen LogP contribution in [0.5, 0.6) is 0 Å². The average molecular weight is 290 g/mol. The van der Waals surface area contributed by atoms with Gasteiger partial charge in [0.1, 0.15) is 5.84 Å². The van der Waals surface area contributed by atoms with E-state index in [1.54, 1.807) is 6.07 Å². The van der Waals surface area contributed by atoms with Gasteiger partial charge in [-0.2, -0.15) is 13.2 Å². The van der Waals surface area contributed by atoms with Crippen molar-refractivity contribution in [3.63, 3.8) is 0 Å². The van der Waals surface area contributed by atoms with Crippen LogP contribution in [0.25, 0.3) is 0 Å². The first-order valence-electron chi connectivity index (χ1n) is 5.14. The second kappa shape index (κ2) is 5.27. The van der Waals surface area contributed by atoms with Crippen LogP contribution in [-0.2, 0) is 6.18 Å². The predicted octanol–water partition coefficient (Wildman–Crippen LogP) is 3.94. The number of aliphatic imine (C=N–C) groups is 1. The van der Waals surface area contributed by atoms with E-state index in [2.05, 4.69) is 10.3 Å². The molecule has 0 fully saturated rings. The third-order valence-electron chi connectivity index (χ3n) is 2.30. The van der Waals surface area contributed by atoms with Crippen molar-refractivity contribution in [2.75, 3.05) is 11.1 Å². The van der Waals surface area contributed by atoms with Crippen LogP contribution in [0.4, 0.5) is 18.9 Å². The minimum Gasteiger partial charge on any atom is -0.343 e. The second-order valence-corrected chi connectivity index (χ2v) is 5.32. The first kappa shape index (κ1) is 13.4. The van der Waals surface area contributed by atoms with Gasteiger partial charge in [-0.25, -0.2) is 4.99 Å². The Morgan fingerprint density at radius 3 is 2.67 bits per heavy atom. The number of thiocarbonyl (C=S) groups is 1. The molecule has 0 aliphatic carbocycles. The molecule has 96 valence electrons. The summed E-state index contributed by atoms with van der Waals surface area (Å²) in [5.41, 5.74) is -0.685. The van der Waals surface area contributed by atoms with Gasteiger partial charge in [0.15, 0.2) is 4.32 Å². The Balaban J connectivity index is 2.27. The van der Waals surface area contributed by atoms with Gasteiger partial charge < -0.3 is 5.32 Å². The molecular weight excluding hydrogens is 281 g/mol. The molecule has 0 radical (unpaired) electrons. The van der Waals surface area contributed by atoms with Gasteiger partial charge in [-0.05, 0) is 12.1 Å². The van der Waals surface area contributed by atoms with Crippen LogP contribution in [-0.4, -0.2) is 15.9 Å². The van der Waals surface area contributed by atoms with Crippen LogP contribution in [0, 0.1) is 0 Å². The maximum absolute atomic E-state index is 12.8. The van der Waals surface area contributed by atoms with Gasteiger partial charge in [-0.3, -0.25) is 0 Å². The smallest absolute Gasteiger partial charge is 0.343 e. The van der Waals surface area contributed by atoms with E-state index in [4.69, 9.17) is 12.2 Å². The van der Waals surface area contributed by atoms with Crippen molar-refractivity contribution >= 4 is 39.8 Å². The normalized spacial score (nSPS) is 16.4. The predicted molar refractivity (Wildman–Crippen MR) is 72.2 cm³/mol. The molecule has 1 aliphatic rings. The fourth-order valence-electron chi connectivity index (χ4n) is 1.52. The van der Waals surface area contributed by atoms with Crippen LogP contribution in [0.3, 0.4) is 0 Å². The fraction of sp³-hybridized carbons (Fsp3) is 0.273. The SMILES string of the molecule is FC(F)(F)c1ccccc1NC1=NC(=S)SCC1. The highest BCUT2D eigenvalue weighted by molar-refractivity contribution is 8.23. The first-order chi connectivity index (χ1) is 8.47. The van der Waals surface area contributed by atoms with Gasteiger partial charge in [0.25, 0.3) is 0 Å². The maximum atomic E-state index is 12.8. The maximum Gasteiger partial charge on any atom is 0.418 e. The summed E-state index contributed by atoms with van der Waals surface area (Å²) in [7, 11) is 0. The third kappa shape index (κ3) is 3.23. The summed E-state index contributed by atoms with van der Waals surface area (Å²) in [5, 5.41) is 2.72. The van der Waals surface area contributed by atoms with Gasteiger partial charge in [0.2, 0.25) is 0 Å². The molecule has 18 heavy (non-hydrogen) atoms. The summed E-state index contributed by atoms with van der Waals surface area (Å²) in [6.45, 7) is 0. The molecule has 2 rings (SSSR count). The number of hydrogen-bond donors (Lipinski definition) is 1. The topological polar surface area (TPSA) is 24.4 Å². The molecule has 0 atom stereocenters. The number of nitrogens with one attached hydrogen (secondary N) is 1. The monoisotopic (exact) mass is 290 g/mol. The summed E-state index contributed by atoms with van der Waals surface area (Å²) >= 11 is 6.34. The highest BCUT2D eigenvalue weighted by atomic mass is 32.2. The average Bonchev–Trinajstić information content (AvgIpc) is 2.28. The minimum atomic E-state index is -4.38. The van der Waals surface area contributed by atoms with Crippen molar-refractivity contribution in [3.05, 3.63) is 29.8 Å². The number of nitrogens with zero attached hydrogens (tertiary/aromatic N) is 1. The number of benzene rings is 1. The number of rotatable bonds is 1. The Labute approximate surface area is 112 Å². The number of alkyl halides is 3. The molecule has 1 aromatic rings. The minimum absolute atomic E-state index is 0.0125. The summed E-state index contributed by atoms with van der Waals surface area (Å²) in [6.07, 6.45) is -3.80. The largest absolute Gasteiger partial charge is 0.418 e. The molecule has 0 aromatic heterocycles. The molecule has 2 nitrogen and oxygen atoms in total. The number of anilines is 1. The van der Waals surface area contributed by atoms with E-state index in [9.17, 15) is 13.2 Å². The van der Waals surface area contributed by atoms with E-state index < -0.39 is 11.7 Å². The van der Waals surface area contributed by atoms with Gasteiger partial charge in [0, 0.05) is 12.2 Å². The van der Waals surface area contributed by atoms with Crippen molar-refractivity contribution in [2.45, 2.75) is 12.6 Å². The van der Waals surface area contributed by atoms with Crippen molar-refractivity contribution < 1.29 is 13.2 Å². The Bertz CT molecular complexity index is 497. The Morgan fingerprint density at radius 1 is 1.28 bits per heavy atom. The van der Waals surface area contributed by atoms with Crippen LogP contribution in [0.2, 0.25) is 0 Å². The zero-order valence-electron chi connectivity index (χ0n) is 9.12. The Morgan fingerprint density at radius 2 is 2.00 bits per heavy atom. The number of halogens is 3. The van der Waals surface area contributed by atoms with Crippen molar-refractivity contribution in [3.8, 4) is 0 Å². The zero-order valence-corrected chi connectivity index (χ0v) is 10.8. The number of hydrogen-bond acceptors (Lipinski definition) is 3. The Hall–Kier alpha value is -1.08. The summed E-state index contributed by atoms with van der Waals surface area (Å²) in [4.78, 5) is 4.03.